The molecule has 29 heavy (non-hydrogen) atoms. The van der Waals surface area contributed by atoms with Crippen LogP contribution in [0.25, 0.3) is 22.3 Å². The molecule has 2 heterocycles. The molecule has 6 rings (SSSR count). The number of thiol groups is 1. The number of hydrogen-bond acceptors (Lipinski definition) is 2. The second-order valence-corrected chi connectivity index (χ2v) is 14.4. The van der Waals surface area contributed by atoms with Crippen molar-refractivity contribution >= 4 is 35.4 Å². The van der Waals surface area contributed by atoms with Gasteiger partial charge in [0.1, 0.15) is 11.5 Å². The third-order valence-corrected chi connectivity index (χ3v) is 14.3. The predicted molar refractivity (Wildman–Crippen MR) is 128 cm³/mol. The summed E-state index contributed by atoms with van der Waals surface area (Å²) in [6, 6.07) is 34.1. The molecule has 0 N–H and O–H groups in total. The minimum absolute atomic E-state index is 0.818. The monoisotopic (exact) mass is 432 g/mol. The average Bonchev–Trinajstić information content (AvgIpc) is 2.79. The van der Waals surface area contributed by atoms with Crippen molar-refractivity contribution in [2.45, 2.75) is 0 Å². The Kier molecular flexibility index (Phi) is 4.35. The van der Waals surface area contributed by atoms with Gasteiger partial charge in [-0.2, -0.15) is 0 Å². The third kappa shape index (κ3) is 2.97. The maximum atomic E-state index is 6.59. The van der Waals surface area contributed by atoms with E-state index in [1.165, 1.54) is 43.4 Å². The van der Waals surface area contributed by atoms with E-state index in [1.54, 1.807) is 0 Å². The van der Waals surface area contributed by atoms with Gasteiger partial charge in [0.15, 0.2) is 7.35 Å². The second-order valence-electron chi connectivity index (χ2n) is 6.93. The SMILES string of the molecule is c1ccc2c(c1)OP([SH]=[PH]1Oc3ccccc3-c3ccccc31)c1ccccc1-2. The molecule has 2 unspecified atom stereocenters. The van der Waals surface area contributed by atoms with Crippen LogP contribution in [0.4, 0.5) is 0 Å². The van der Waals surface area contributed by atoms with Crippen molar-refractivity contribution in [3.8, 4) is 33.8 Å². The molecule has 0 bridgehead atoms. The molecule has 0 aliphatic carbocycles. The van der Waals surface area contributed by atoms with Crippen molar-refractivity contribution < 1.29 is 9.05 Å². The van der Waals surface area contributed by atoms with E-state index >= 15 is 0 Å². The van der Waals surface area contributed by atoms with Crippen LogP contribution in [0.15, 0.2) is 97.1 Å². The molecular weight excluding hydrogens is 414 g/mol. The summed E-state index contributed by atoms with van der Waals surface area (Å²) in [4.78, 5) is 0. The Morgan fingerprint density at radius 2 is 1.17 bits per heavy atom. The van der Waals surface area contributed by atoms with Gasteiger partial charge in [-0.3, -0.25) is 0 Å². The largest absolute Gasteiger partial charge is 0.469 e. The van der Waals surface area contributed by atoms with Crippen LogP contribution in [-0.4, -0.2) is 0 Å². The van der Waals surface area contributed by atoms with Gasteiger partial charge < -0.3 is 9.05 Å². The van der Waals surface area contributed by atoms with Crippen molar-refractivity contribution in [1.29, 1.82) is 0 Å². The molecule has 0 spiro atoms. The summed E-state index contributed by atoms with van der Waals surface area (Å²) in [6.45, 7) is -1.28. The first-order valence-electron chi connectivity index (χ1n) is 9.50. The van der Waals surface area contributed by atoms with Crippen molar-refractivity contribution in [3.63, 3.8) is 0 Å². The summed E-state index contributed by atoms with van der Waals surface area (Å²) < 4.78 is 13.2. The van der Waals surface area contributed by atoms with Crippen molar-refractivity contribution in [3.05, 3.63) is 97.1 Å². The molecule has 142 valence electrons. The number of benzene rings is 4. The van der Waals surface area contributed by atoms with E-state index in [9.17, 15) is 0 Å². The third-order valence-electron chi connectivity index (χ3n) is 5.20. The molecule has 2 aliphatic rings. The van der Waals surface area contributed by atoms with E-state index in [1.807, 2.05) is 6.07 Å². The lowest BCUT2D eigenvalue weighted by atomic mass is 10.0. The molecule has 5 heteroatoms. The minimum atomic E-state index is -1.28. The highest BCUT2D eigenvalue weighted by molar-refractivity contribution is 8.56. The fourth-order valence-corrected chi connectivity index (χ4v) is 13.8. The lowest BCUT2D eigenvalue weighted by Gasteiger charge is -2.29. The van der Waals surface area contributed by atoms with Gasteiger partial charge in [0.25, 0.3) is 0 Å². The van der Waals surface area contributed by atoms with E-state index in [-0.39, 0.29) is 0 Å². The van der Waals surface area contributed by atoms with Crippen molar-refractivity contribution in [1.82, 2.24) is 0 Å². The smallest absolute Gasteiger partial charge is 0.174 e. The van der Waals surface area contributed by atoms with E-state index in [0.29, 0.717) is 0 Å². The molecule has 0 aromatic heterocycles. The lowest BCUT2D eigenvalue weighted by Crippen LogP contribution is -2.15. The Morgan fingerprint density at radius 3 is 2.00 bits per heavy atom. The predicted octanol–water partition coefficient (Wildman–Crippen LogP) is 5.93. The highest BCUT2D eigenvalue weighted by atomic mass is 32.9. The van der Waals surface area contributed by atoms with Crippen LogP contribution in [0.3, 0.4) is 0 Å². The van der Waals surface area contributed by atoms with Crippen LogP contribution in [0.1, 0.15) is 0 Å². The number of fused-ring (bicyclic) bond motifs is 6. The van der Waals surface area contributed by atoms with E-state index < -0.39 is 14.3 Å². The van der Waals surface area contributed by atoms with Crippen molar-refractivity contribution in [2.24, 2.45) is 0 Å². The van der Waals surface area contributed by atoms with E-state index in [4.69, 9.17) is 9.05 Å². The molecule has 4 aromatic rings. The van der Waals surface area contributed by atoms with Crippen LogP contribution in [0.2, 0.25) is 0 Å². The van der Waals surface area contributed by atoms with Crippen LogP contribution >= 0.6 is 14.3 Å². The van der Waals surface area contributed by atoms with Gasteiger partial charge in [0, 0.05) is 21.7 Å². The number of hydrogen-bond donors (Lipinski definition) is 1. The normalized spacial score (nSPS) is 18.8. The highest BCUT2D eigenvalue weighted by Gasteiger charge is 2.27. The zero-order valence-corrected chi connectivity index (χ0v) is 18.2. The van der Waals surface area contributed by atoms with Crippen LogP contribution in [-0.2, 0) is 10.6 Å². The van der Waals surface area contributed by atoms with E-state index in [2.05, 4.69) is 91.0 Å². The molecule has 0 radical (unpaired) electrons. The van der Waals surface area contributed by atoms with Gasteiger partial charge in [0.2, 0.25) is 0 Å². The molecule has 0 amide bonds. The summed E-state index contributed by atoms with van der Waals surface area (Å²) in [5, 5.41) is 2.64. The highest BCUT2D eigenvalue weighted by Crippen LogP contribution is 2.53. The van der Waals surface area contributed by atoms with Gasteiger partial charge in [-0.05, 0) is 29.3 Å². The van der Waals surface area contributed by atoms with Gasteiger partial charge in [0.05, 0.1) is 6.92 Å². The Balaban J connectivity index is 1.51. The molecule has 0 saturated carbocycles. The minimum Gasteiger partial charge on any atom is -0.469 e. The second kappa shape index (κ2) is 7.18. The molecule has 2 atom stereocenters. The summed E-state index contributed by atoms with van der Waals surface area (Å²) in [5.74, 6) is 1.98. The maximum Gasteiger partial charge on any atom is 0.174 e. The molecular formula is C24H18O2P2S. The zero-order chi connectivity index (χ0) is 19.2. The van der Waals surface area contributed by atoms with Gasteiger partial charge in [-0.1, -0.05) is 78.9 Å². The van der Waals surface area contributed by atoms with Crippen LogP contribution < -0.4 is 19.7 Å². The summed E-state index contributed by atoms with van der Waals surface area (Å²) in [6.07, 6.45) is 0. The average molecular weight is 432 g/mol. The standard InChI is InChI=1S/C24H18O2P2S/c1-5-13-21-17(9-1)19-11-3-7-15-23(19)27(25-21)29-28-24-16-8-4-12-20(24)18-10-2-6-14-22(18)26-28/h1-16,27,29H. The molecule has 2 aliphatic heterocycles. The summed E-state index contributed by atoms with van der Waals surface area (Å²) in [7, 11) is 0.425. The Labute approximate surface area is 175 Å². The van der Waals surface area contributed by atoms with Crippen LogP contribution in [0.5, 0.6) is 11.5 Å². The Bertz CT molecular complexity index is 1290. The van der Waals surface area contributed by atoms with Gasteiger partial charge in [-0.25, -0.2) is 0 Å². The number of para-hydroxylation sites is 2. The first-order valence-corrected chi connectivity index (χ1v) is 14.6. The molecule has 0 fully saturated rings. The quantitative estimate of drug-likeness (QED) is 0.297. The Hall–Kier alpha value is -2.31. The fourth-order valence-electron chi connectivity index (χ4n) is 3.85. The lowest BCUT2D eigenvalue weighted by molar-refractivity contribution is 0.632. The summed E-state index contributed by atoms with van der Waals surface area (Å²) >= 11 is 0. The molecule has 4 aromatic carbocycles. The number of rotatable bonds is 1. The molecule has 0 saturated heterocycles. The first-order chi connectivity index (χ1) is 14.4. The maximum absolute atomic E-state index is 6.59. The Morgan fingerprint density at radius 1 is 0.586 bits per heavy atom. The topological polar surface area (TPSA) is 18.5 Å². The van der Waals surface area contributed by atoms with Crippen molar-refractivity contribution in [2.75, 3.05) is 0 Å². The zero-order valence-electron chi connectivity index (χ0n) is 15.4. The van der Waals surface area contributed by atoms with E-state index in [0.717, 1.165) is 11.5 Å². The summed E-state index contributed by atoms with van der Waals surface area (Å²) in [5.41, 5.74) is 4.97. The van der Waals surface area contributed by atoms with Gasteiger partial charge >= 0.3 is 0 Å². The first kappa shape index (κ1) is 17.5. The molecule has 2 nitrogen and oxygen atoms in total. The fraction of sp³-hybridized carbons (Fsp3) is 0. The van der Waals surface area contributed by atoms with Crippen LogP contribution in [0, 0.1) is 0 Å². The van der Waals surface area contributed by atoms with Gasteiger partial charge in [-0.15, -0.1) is 10.6 Å².